The molecule has 0 spiro atoms. The van der Waals surface area contributed by atoms with Crippen molar-refractivity contribution in [1.82, 2.24) is 9.13 Å². The zero-order valence-electron chi connectivity index (χ0n) is 43.0. The molecule has 0 amide bonds. The van der Waals surface area contributed by atoms with Crippen LogP contribution in [-0.4, -0.2) is 9.13 Å². The van der Waals surface area contributed by atoms with Gasteiger partial charge in [-0.25, -0.2) is 0 Å². The summed E-state index contributed by atoms with van der Waals surface area (Å²) in [5, 5.41) is 15.6. The summed E-state index contributed by atoms with van der Waals surface area (Å²) in [6, 6.07) is 77.3. The predicted molar refractivity (Wildman–Crippen MR) is 351 cm³/mol. The molecular formula is C74H44N2S4. The van der Waals surface area contributed by atoms with Crippen LogP contribution in [0.25, 0.3) is 154 Å². The molecule has 374 valence electrons. The molecule has 0 unspecified atom stereocenters. The Morgan fingerprint density at radius 2 is 0.800 bits per heavy atom. The number of hydrogen-bond acceptors (Lipinski definition) is 4. The normalized spacial score (nSPS) is 13.7. The Balaban J connectivity index is 0.819. The summed E-state index contributed by atoms with van der Waals surface area (Å²) < 4.78 is 15.7. The molecule has 6 heteroatoms. The Labute approximate surface area is 475 Å². The smallest absolute Gasteiger partial charge is 0.0640 e. The molecule has 0 saturated heterocycles. The molecule has 0 radical (unpaired) electrons. The lowest BCUT2D eigenvalue weighted by Crippen LogP contribution is -2.27. The second-order valence-corrected chi connectivity index (χ2v) is 25.5. The molecule has 0 saturated carbocycles. The van der Waals surface area contributed by atoms with E-state index in [0.717, 1.165) is 12.8 Å². The monoisotopic (exact) mass is 1090 g/mol. The number of nitrogens with zero attached hydrogens (tertiary/aromatic N) is 2. The van der Waals surface area contributed by atoms with Crippen LogP contribution in [0, 0.1) is 0 Å². The first-order valence-corrected chi connectivity index (χ1v) is 30.7. The number of hydrogen-bond donors (Lipinski definition) is 0. The van der Waals surface area contributed by atoms with Crippen LogP contribution in [0.2, 0.25) is 0 Å². The Bertz CT molecular complexity index is 5620. The van der Waals surface area contributed by atoms with Crippen molar-refractivity contribution in [3.05, 3.63) is 257 Å². The number of benzene rings is 10. The Kier molecular flexibility index (Phi) is 9.74. The molecule has 0 fully saturated rings. The Morgan fingerprint density at radius 1 is 0.338 bits per heavy atom. The molecule has 0 aliphatic heterocycles. The number of aromatic nitrogens is 2. The van der Waals surface area contributed by atoms with Gasteiger partial charge in [0.2, 0.25) is 0 Å². The van der Waals surface area contributed by atoms with Crippen LogP contribution in [0.1, 0.15) is 17.7 Å². The molecule has 6 heterocycles. The van der Waals surface area contributed by atoms with Crippen LogP contribution < -0.4 is 10.6 Å². The van der Waals surface area contributed by atoms with Crippen molar-refractivity contribution < 1.29 is 0 Å². The van der Waals surface area contributed by atoms with Gasteiger partial charge in [0, 0.05) is 87.3 Å². The first-order chi connectivity index (χ1) is 39.7. The van der Waals surface area contributed by atoms with Crippen molar-refractivity contribution in [3.8, 4) is 33.6 Å². The second-order valence-electron chi connectivity index (χ2n) is 21.3. The first-order valence-electron chi connectivity index (χ1n) is 27.4. The van der Waals surface area contributed by atoms with Gasteiger partial charge in [0.1, 0.15) is 0 Å². The van der Waals surface area contributed by atoms with E-state index in [1.165, 1.54) is 169 Å². The van der Waals surface area contributed by atoms with E-state index in [1.54, 1.807) is 0 Å². The van der Waals surface area contributed by atoms with Gasteiger partial charge in [0.25, 0.3) is 0 Å². The van der Waals surface area contributed by atoms with Gasteiger partial charge < -0.3 is 9.13 Å². The lowest BCUT2D eigenvalue weighted by Gasteiger charge is -2.11. The number of allylic oxidation sites excluding steroid dienone is 5. The molecule has 0 atom stereocenters. The van der Waals surface area contributed by atoms with Crippen LogP contribution in [0.3, 0.4) is 0 Å². The number of rotatable bonds is 5. The van der Waals surface area contributed by atoms with Gasteiger partial charge in [-0.3, -0.25) is 0 Å². The maximum atomic E-state index is 2.57. The van der Waals surface area contributed by atoms with E-state index in [-0.39, 0.29) is 0 Å². The summed E-state index contributed by atoms with van der Waals surface area (Å²) in [4.78, 5) is 0. The van der Waals surface area contributed by atoms with Gasteiger partial charge in [0.15, 0.2) is 0 Å². The van der Waals surface area contributed by atoms with Crippen molar-refractivity contribution >= 4 is 166 Å². The molecule has 10 aromatic carbocycles. The second kappa shape index (κ2) is 17.3. The summed E-state index contributed by atoms with van der Waals surface area (Å²) in [5.74, 6) is 0. The third-order valence-electron chi connectivity index (χ3n) is 17.1. The quantitative estimate of drug-likeness (QED) is 0.163. The van der Waals surface area contributed by atoms with Crippen molar-refractivity contribution in [3.63, 3.8) is 0 Å². The number of thiophene rings is 4. The van der Waals surface area contributed by atoms with Crippen LogP contribution in [0.4, 0.5) is 0 Å². The third-order valence-corrected chi connectivity index (χ3v) is 22.0. The van der Waals surface area contributed by atoms with E-state index in [1.807, 2.05) is 45.3 Å². The lowest BCUT2D eigenvalue weighted by atomic mass is 9.98. The number of fused-ring (bicyclic) bond motifs is 18. The highest BCUT2D eigenvalue weighted by Gasteiger charge is 2.24. The van der Waals surface area contributed by atoms with E-state index in [2.05, 4.69) is 252 Å². The molecule has 2 aliphatic carbocycles. The lowest BCUT2D eigenvalue weighted by molar-refractivity contribution is 1.09. The summed E-state index contributed by atoms with van der Waals surface area (Å²) >= 11 is 7.61. The van der Waals surface area contributed by atoms with E-state index in [9.17, 15) is 0 Å². The molecule has 6 aromatic heterocycles. The highest BCUT2D eigenvalue weighted by molar-refractivity contribution is 7.27. The van der Waals surface area contributed by atoms with Gasteiger partial charge in [-0.1, -0.05) is 170 Å². The summed E-state index contributed by atoms with van der Waals surface area (Å²) in [7, 11) is 0. The summed E-state index contributed by atoms with van der Waals surface area (Å²) in [6.45, 7) is 0. The molecule has 16 aromatic rings. The fraction of sp³-hybridized carbons (Fsp3) is 0.0270. The zero-order chi connectivity index (χ0) is 52.2. The van der Waals surface area contributed by atoms with Gasteiger partial charge >= 0.3 is 0 Å². The van der Waals surface area contributed by atoms with Crippen molar-refractivity contribution in [2.75, 3.05) is 0 Å². The average Bonchev–Trinajstić information content (AvgIpc) is 4.43. The van der Waals surface area contributed by atoms with Gasteiger partial charge in [0.05, 0.1) is 42.9 Å². The highest BCUT2D eigenvalue weighted by atomic mass is 32.1. The molecule has 0 bridgehead atoms. The van der Waals surface area contributed by atoms with E-state index >= 15 is 0 Å². The fourth-order valence-corrected chi connectivity index (χ4v) is 18.3. The van der Waals surface area contributed by atoms with E-state index < -0.39 is 0 Å². The third kappa shape index (κ3) is 6.56. The largest absolute Gasteiger partial charge is 0.308 e. The van der Waals surface area contributed by atoms with Crippen LogP contribution in [0.5, 0.6) is 0 Å². The Hall–Kier alpha value is -8.88. The van der Waals surface area contributed by atoms with Crippen LogP contribution in [0.15, 0.2) is 236 Å². The maximum absolute atomic E-state index is 2.57. The molecule has 80 heavy (non-hydrogen) atoms. The van der Waals surface area contributed by atoms with Crippen molar-refractivity contribution in [2.24, 2.45) is 0 Å². The highest BCUT2D eigenvalue weighted by Crippen LogP contribution is 2.46. The molecule has 2 aliphatic rings. The minimum absolute atomic E-state index is 0.803. The molecule has 18 rings (SSSR count). The van der Waals surface area contributed by atoms with Gasteiger partial charge in [-0.15, -0.1) is 45.3 Å². The zero-order valence-corrected chi connectivity index (χ0v) is 46.3. The molecule has 0 N–H and O–H groups in total. The molecule has 2 nitrogen and oxygen atoms in total. The van der Waals surface area contributed by atoms with Gasteiger partial charge in [-0.05, 0) is 125 Å². The molecular weight excluding hydrogens is 1050 g/mol. The predicted octanol–water partition coefficient (Wildman–Crippen LogP) is 20.5. The maximum Gasteiger partial charge on any atom is 0.0640 e. The summed E-state index contributed by atoms with van der Waals surface area (Å²) in [5.41, 5.74) is 15.2. The van der Waals surface area contributed by atoms with Crippen LogP contribution >= 0.6 is 45.3 Å². The standard InChI is InChI=1S/C74H44N2S4/c1-5-25-67-51(13-1)55-19-9-17-47(71(55)77-67)45-33-39-63-59(41-45)49-35-29-43(31-37-61(49)75(63)65-23-11-21-57-53-15-3-7-27-69(53)79-73(57)65)44-30-36-50-60-42-46(48-18-10-20-56-52-14-2-6-26-68(52)78-72(48)56)34-40-64(60)76(62(50)38-32-44)66-24-12-22-58-54-16-4-8-28-70(54)80-74(58)66/h1-29,31-34,36-42H,30,35H2. The topological polar surface area (TPSA) is 9.86 Å². The van der Waals surface area contributed by atoms with Crippen LogP contribution in [-0.2, 0) is 6.42 Å². The van der Waals surface area contributed by atoms with Crippen molar-refractivity contribution in [2.45, 2.75) is 12.8 Å². The Morgan fingerprint density at radius 3 is 1.36 bits per heavy atom. The van der Waals surface area contributed by atoms with Crippen molar-refractivity contribution in [1.29, 1.82) is 0 Å². The minimum atomic E-state index is 0.803. The van der Waals surface area contributed by atoms with E-state index in [4.69, 9.17) is 0 Å². The van der Waals surface area contributed by atoms with E-state index in [0.29, 0.717) is 0 Å². The van der Waals surface area contributed by atoms with Gasteiger partial charge in [-0.2, -0.15) is 0 Å². The average molecular weight is 1090 g/mol. The first kappa shape index (κ1) is 45.0. The fourth-order valence-electron chi connectivity index (χ4n) is 13.5. The summed E-state index contributed by atoms with van der Waals surface area (Å²) in [6.07, 6.45) is 16.3. The SMILES string of the molecule is C1=Cc2c(c3cc(-c4cccc5c4sc4ccccc45)ccc3n2-c2cccc3c2sc2ccccc23)CC=C1C1=CC=c2c(c3cc(-c4cccc5c4sc4ccccc45)ccc3n2-c2cccc3c2sc2ccccc23)=CC1. The minimum Gasteiger partial charge on any atom is -0.308 e.